The number of imide groups is 1. The Balaban J connectivity index is 2.26. The zero-order valence-electron chi connectivity index (χ0n) is 15.6. The van der Waals surface area contributed by atoms with E-state index >= 15 is 0 Å². The molecule has 29 heavy (non-hydrogen) atoms. The van der Waals surface area contributed by atoms with Crippen LogP contribution in [0.15, 0.2) is 48.5 Å². The quantitative estimate of drug-likeness (QED) is 0.411. The number of phenols is 2. The molecular formula is C20H23N3O6. The number of rotatable bonds is 8. The van der Waals surface area contributed by atoms with E-state index < -0.39 is 36.4 Å². The first-order valence-electron chi connectivity index (χ1n) is 8.83. The molecule has 9 nitrogen and oxygen atoms in total. The van der Waals surface area contributed by atoms with Gasteiger partial charge in [-0.15, -0.1) is 0 Å². The molecule has 0 aromatic heterocycles. The second kappa shape index (κ2) is 9.67. The van der Waals surface area contributed by atoms with Gasteiger partial charge in [-0.3, -0.25) is 14.5 Å². The van der Waals surface area contributed by atoms with Gasteiger partial charge in [-0.2, -0.15) is 0 Å². The van der Waals surface area contributed by atoms with Crippen LogP contribution in [0.5, 0.6) is 11.5 Å². The molecular weight excluding hydrogens is 378 g/mol. The number of phenolic OH excluding ortho intramolecular Hbond substituents is 2. The van der Waals surface area contributed by atoms with E-state index in [0.717, 1.165) is 0 Å². The molecule has 154 valence electrons. The summed E-state index contributed by atoms with van der Waals surface area (Å²) in [6, 6.07) is 9.06. The van der Waals surface area contributed by atoms with Crippen molar-refractivity contribution in [3.63, 3.8) is 0 Å². The molecule has 0 aliphatic carbocycles. The average Bonchev–Trinajstić information content (AvgIpc) is 2.70. The summed E-state index contributed by atoms with van der Waals surface area (Å²) in [5, 5.41) is 28.4. The molecule has 0 heterocycles. The minimum Gasteiger partial charge on any atom is -0.508 e. The predicted octanol–water partition coefficient (Wildman–Crippen LogP) is -0.0226. The van der Waals surface area contributed by atoms with E-state index in [1.54, 1.807) is 12.1 Å². The minimum absolute atomic E-state index is 0.00233. The molecule has 2 rings (SSSR count). The van der Waals surface area contributed by atoms with Crippen molar-refractivity contribution < 1.29 is 29.7 Å². The van der Waals surface area contributed by atoms with Gasteiger partial charge in [-0.25, -0.2) is 4.79 Å². The van der Waals surface area contributed by atoms with Crippen molar-refractivity contribution in [3.05, 3.63) is 59.7 Å². The zero-order valence-corrected chi connectivity index (χ0v) is 15.6. The van der Waals surface area contributed by atoms with E-state index in [1.807, 2.05) is 0 Å². The molecule has 2 atom stereocenters. The second-order valence-electron chi connectivity index (χ2n) is 6.51. The lowest BCUT2D eigenvalue weighted by Gasteiger charge is -2.29. The Bertz CT molecular complexity index is 867. The molecule has 2 aromatic rings. The van der Waals surface area contributed by atoms with E-state index in [2.05, 4.69) is 0 Å². The minimum atomic E-state index is -1.51. The molecule has 0 saturated carbocycles. The van der Waals surface area contributed by atoms with E-state index in [4.69, 9.17) is 11.5 Å². The topological polar surface area (TPSA) is 167 Å². The van der Waals surface area contributed by atoms with Crippen LogP contribution in [0.4, 0.5) is 0 Å². The van der Waals surface area contributed by atoms with Gasteiger partial charge in [0.2, 0.25) is 11.8 Å². The molecule has 0 fully saturated rings. The molecule has 0 unspecified atom stereocenters. The Labute approximate surface area is 167 Å². The number of carboxylic acid groups (broad SMARTS) is 1. The maximum atomic E-state index is 12.9. The largest absolute Gasteiger partial charge is 0.508 e. The van der Waals surface area contributed by atoms with Gasteiger partial charge in [0.25, 0.3) is 0 Å². The smallest absolute Gasteiger partial charge is 0.327 e. The Morgan fingerprint density at radius 1 is 0.862 bits per heavy atom. The number of carbonyl (C=O) groups excluding carboxylic acids is 2. The molecule has 0 aliphatic rings. The van der Waals surface area contributed by atoms with Crippen LogP contribution in [0.1, 0.15) is 11.1 Å². The third-order valence-electron chi connectivity index (χ3n) is 4.35. The number of aliphatic carboxylic acids is 1. The van der Waals surface area contributed by atoms with Crippen molar-refractivity contribution in [1.29, 1.82) is 0 Å². The summed E-state index contributed by atoms with van der Waals surface area (Å²) >= 11 is 0. The Kier molecular flexibility index (Phi) is 7.29. The molecule has 7 N–H and O–H groups in total. The van der Waals surface area contributed by atoms with Crippen LogP contribution in [0.25, 0.3) is 0 Å². The van der Waals surface area contributed by atoms with Crippen molar-refractivity contribution in [2.75, 3.05) is 6.54 Å². The number of nitrogens with two attached hydrogens (primary N) is 2. The normalized spacial score (nSPS) is 12.8. The Morgan fingerprint density at radius 2 is 1.31 bits per heavy atom. The van der Waals surface area contributed by atoms with Crippen LogP contribution in [-0.2, 0) is 27.2 Å². The van der Waals surface area contributed by atoms with Crippen molar-refractivity contribution >= 4 is 17.8 Å². The first-order valence-corrected chi connectivity index (χ1v) is 8.83. The maximum Gasteiger partial charge on any atom is 0.327 e. The first-order chi connectivity index (χ1) is 13.7. The summed E-state index contributed by atoms with van der Waals surface area (Å²) in [7, 11) is 0. The van der Waals surface area contributed by atoms with Gasteiger partial charge in [-0.05, 0) is 41.8 Å². The van der Waals surface area contributed by atoms with E-state index in [0.29, 0.717) is 16.0 Å². The Hall–Kier alpha value is -3.43. The third kappa shape index (κ3) is 5.77. The van der Waals surface area contributed by atoms with Gasteiger partial charge in [0.05, 0.1) is 12.6 Å². The molecule has 2 amide bonds. The van der Waals surface area contributed by atoms with Crippen LogP contribution in [0, 0.1) is 0 Å². The van der Waals surface area contributed by atoms with Crippen LogP contribution in [-0.4, -0.2) is 56.6 Å². The van der Waals surface area contributed by atoms with Crippen molar-refractivity contribution in [1.82, 2.24) is 4.90 Å². The predicted molar refractivity (Wildman–Crippen MR) is 104 cm³/mol. The third-order valence-corrected chi connectivity index (χ3v) is 4.35. The number of hydrogen-bond acceptors (Lipinski definition) is 7. The SMILES string of the molecule is NCC(=O)N(C(=O)[C@@H](N)Cc1ccc(O)cc1)[C@@H](Cc1ccc(O)cc1)C(=O)O. The number of benzene rings is 2. The van der Waals surface area contributed by atoms with Crippen LogP contribution in [0.2, 0.25) is 0 Å². The first kappa shape index (κ1) is 21.9. The van der Waals surface area contributed by atoms with E-state index in [9.17, 15) is 29.7 Å². The number of carbonyl (C=O) groups is 3. The highest BCUT2D eigenvalue weighted by Crippen LogP contribution is 2.17. The van der Waals surface area contributed by atoms with Crippen LogP contribution >= 0.6 is 0 Å². The number of aromatic hydroxyl groups is 2. The fourth-order valence-corrected chi connectivity index (χ4v) is 2.84. The fraction of sp³-hybridized carbons (Fsp3) is 0.250. The average molecular weight is 401 g/mol. The standard InChI is InChI=1S/C20H23N3O6/c21-11-18(26)23(17(20(28)29)10-13-3-7-15(25)8-4-13)19(27)16(22)9-12-1-5-14(24)6-2-12/h1-8,16-17,24-25H,9-11,21-22H2,(H,28,29)/t16-,17-/m0/s1. The van der Waals surface area contributed by atoms with Gasteiger partial charge in [0.1, 0.15) is 17.5 Å². The number of nitrogens with zero attached hydrogens (tertiary/aromatic N) is 1. The monoisotopic (exact) mass is 401 g/mol. The highest BCUT2D eigenvalue weighted by Gasteiger charge is 2.36. The van der Waals surface area contributed by atoms with Crippen LogP contribution in [0.3, 0.4) is 0 Å². The number of carboxylic acids is 1. The Morgan fingerprint density at radius 3 is 1.72 bits per heavy atom. The fourth-order valence-electron chi connectivity index (χ4n) is 2.84. The maximum absolute atomic E-state index is 12.9. The molecule has 0 radical (unpaired) electrons. The highest BCUT2D eigenvalue weighted by molar-refractivity contribution is 6.02. The molecule has 0 aliphatic heterocycles. The van der Waals surface area contributed by atoms with Gasteiger partial charge in [0.15, 0.2) is 0 Å². The number of hydrogen-bond donors (Lipinski definition) is 5. The second-order valence-corrected chi connectivity index (χ2v) is 6.51. The highest BCUT2D eigenvalue weighted by atomic mass is 16.4. The summed E-state index contributed by atoms with van der Waals surface area (Å²) < 4.78 is 0. The van der Waals surface area contributed by atoms with Gasteiger partial charge in [0, 0.05) is 6.42 Å². The van der Waals surface area contributed by atoms with E-state index in [-0.39, 0.29) is 24.3 Å². The lowest BCUT2D eigenvalue weighted by Crippen LogP contribution is -2.57. The van der Waals surface area contributed by atoms with Gasteiger partial charge < -0.3 is 26.8 Å². The zero-order chi connectivity index (χ0) is 21.6. The number of amides is 2. The summed E-state index contributed by atoms with van der Waals surface area (Å²) in [5.74, 6) is -3.05. The summed E-state index contributed by atoms with van der Waals surface area (Å²) in [5.41, 5.74) is 12.5. The van der Waals surface area contributed by atoms with Gasteiger partial charge in [-0.1, -0.05) is 24.3 Å². The van der Waals surface area contributed by atoms with Crippen molar-refractivity contribution in [2.24, 2.45) is 11.5 Å². The molecule has 0 bridgehead atoms. The summed E-state index contributed by atoms with van der Waals surface area (Å²) in [4.78, 5) is 37.7. The molecule has 0 spiro atoms. The lowest BCUT2D eigenvalue weighted by molar-refractivity contribution is -0.158. The lowest BCUT2D eigenvalue weighted by atomic mass is 10.0. The van der Waals surface area contributed by atoms with Gasteiger partial charge >= 0.3 is 5.97 Å². The molecule has 2 aromatic carbocycles. The molecule has 0 saturated heterocycles. The van der Waals surface area contributed by atoms with Crippen LogP contribution < -0.4 is 11.5 Å². The summed E-state index contributed by atoms with van der Waals surface area (Å²) in [6.45, 7) is -0.559. The van der Waals surface area contributed by atoms with Crippen molar-refractivity contribution in [2.45, 2.75) is 24.9 Å². The van der Waals surface area contributed by atoms with Crippen molar-refractivity contribution in [3.8, 4) is 11.5 Å². The molecule has 9 heteroatoms. The summed E-state index contributed by atoms with van der Waals surface area (Å²) in [6.07, 6.45) is -0.127. The van der Waals surface area contributed by atoms with E-state index in [1.165, 1.54) is 36.4 Å².